The van der Waals surface area contributed by atoms with Crippen LogP contribution in [-0.2, 0) is 9.63 Å². The third kappa shape index (κ3) is 5.21. The fraction of sp³-hybridized carbons (Fsp3) is 0.417. The molecule has 1 rings (SSSR count). The van der Waals surface area contributed by atoms with Gasteiger partial charge in [0.1, 0.15) is 0 Å². The average Bonchev–Trinajstić information content (AvgIpc) is 2.36. The van der Waals surface area contributed by atoms with Crippen LogP contribution in [0.15, 0.2) is 35.2 Å². The monoisotopic (exact) mass is 255 g/mol. The second kappa shape index (κ2) is 7.32. The van der Waals surface area contributed by atoms with Gasteiger partial charge in [-0.2, -0.15) is 0 Å². The van der Waals surface area contributed by atoms with Gasteiger partial charge in [-0.1, -0.05) is 18.2 Å². The molecule has 1 atom stereocenters. The van der Waals surface area contributed by atoms with E-state index in [4.69, 9.17) is 4.84 Å². The van der Waals surface area contributed by atoms with Crippen molar-refractivity contribution in [2.45, 2.75) is 17.4 Å². The first kappa shape index (κ1) is 14.0. The second-order valence-corrected chi connectivity index (χ2v) is 4.65. The summed E-state index contributed by atoms with van der Waals surface area (Å²) in [5.41, 5.74) is 0. The summed E-state index contributed by atoms with van der Waals surface area (Å²) in [6.07, 6.45) is -0.588. The second-order valence-electron chi connectivity index (χ2n) is 3.56. The molecule has 0 fully saturated rings. The molecule has 1 aromatic rings. The van der Waals surface area contributed by atoms with E-state index in [1.807, 2.05) is 30.3 Å². The molecule has 0 radical (unpaired) electrons. The predicted octanol–water partition coefficient (Wildman–Crippen LogP) is 1.55. The molecule has 0 aliphatic heterocycles. The van der Waals surface area contributed by atoms with E-state index in [2.05, 4.69) is 0 Å². The zero-order valence-electron chi connectivity index (χ0n) is 10.00. The Labute approximate surface area is 106 Å². The Bertz CT molecular complexity index is 345. The molecule has 0 unspecified atom stereocenters. The van der Waals surface area contributed by atoms with E-state index in [9.17, 15) is 9.90 Å². The number of rotatable bonds is 6. The number of nitrogens with zero attached hydrogens (tertiary/aromatic N) is 1. The van der Waals surface area contributed by atoms with E-state index < -0.39 is 6.10 Å². The molecule has 0 saturated carbocycles. The van der Waals surface area contributed by atoms with Crippen molar-refractivity contribution in [3.8, 4) is 0 Å². The minimum atomic E-state index is -0.662. The largest absolute Gasteiger partial charge is 0.392 e. The van der Waals surface area contributed by atoms with Gasteiger partial charge in [-0.05, 0) is 12.1 Å². The summed E-state index contributed by atoms with van der Waals surface area (Å²) >= 11 is 1.53. The van der Waals surface area contributed by atoms with Crippen LogP contribution in [0.5, 0.6) is 0 Å². The summed E-state index contributed by atoms with van der Waals surface area (Å²) in [5, 5.41) is 10.8. The third-order valence-electron chi connectivity index (χ3n) is 2.22. The molecule has 5 heteroatoms. The number of thioether (sulfide) groups is 1. The Kier molecular flexibility index (Phi) is 6.04. The van der Waals surface area contributed by atoms with E-state index >= 15 is 0 Å². The Balaban J connectivity index is 2.30. The van der Waals surface area contributed by atoms with Crippen molar-refractivity contribution < 1.29 is 14.7 Å². The van der Waals surface area contributed by atoms with Crippen LogP contribution < -0.4 is 0 Å². The molecule has 0 aromatic heterocycles. The van der Waals surface area contributed by atoms with Gasteiger partial charge in [-0.3, -0.25) is 9.63 Å². The molecule has 4 nitrogen and oxygen atoms in total. The Morgan fingerprint density at radius 2 is 2.12 bits per heavy atom. The number of carbonyl (C=O) groups is 1. The lowest BCUT2D eigenvalue weighted by Gasteiger charge is -2.16. The molecule has 17 heavy (non-hydrogen) atoms. The predicted molar refractivity (Wildman–Crippen MR) is 67.6 cm³/mol. The van der Waals surface area contributed by atoms with Crippen molar-refractivity contribution >= 4 is 17.7 Å². The van der Waals surface area contributed by atoms with Gasteiger partial charge < -0.3 is 5.11 Å². The molecule has 0 heterocycles. The fourth-order valence-corrected chi connectivity index (χ4v) is 2.05. The number of amides is 1. The van der Waals surface area contributed by atoms with Crippen molar-refractivity contribution in [2.24, 2.45) is 0 Å². The molecule has 0 spiro atoms. The molecule has 1 N–H and O–H groups in total. The summed E-state index contributed by atoms with van der Waals surface area (Å²) in [4.78, 5) is 17.3. The van der Waals surface area contributed by atoms with Crippen molar-refractivity contribution in [2.75, 3.05) is 19.9 Å². The van der Waals surface area contributed by atoms with Crippen molar-refractivity contribution in [1.29, 1.82) is 0 Å². The summed E-state index contributed by atoms with van der Waals surface area (Å²) in [7, 11) is 2.95. The van der Waals surface area contributed by atoms with Gasteiger partial charge in [0.15, 0.2) is 0 Å². The topological polar surface area (TPSA) is 49.8 Å². The quantitative estimate of drug-likeness (QED) is 0.619. The van der Waals surface area contributed by atoms with Gasteiger partial charge in [0.2, 0.25) is 5.91 Å². The maximum absolute atomic E-state index is 11.4. The smallest absolute Gasteiger partial charge is 0.248 e. The van der Waals surface area contributed by atoms with E-state index in [0.717, 1.165) is 9.96 Å². The first-order chi connectivity index (χ1) is 8.13. The normalized spacial score (nSPS) is 12.2. The third-order valence-corrected chi connectivity index (χ3v) is 3.38. The first-order valence-electron chi connectivity index (χ1n) is 5.30. The van der Waals surface area contributed by atoms with E-state index in [0.29, 0.717) is 5.75 Å². The molecular formula is C12H17NO3S. The lowest BCUT2D eigenvalue weighted by atomic mass is 10.3. The number of aliphatic hydroxyl groups is 1. The van der Waals surface area contributed by atoms with Gasteiger partial charge in [-0.25, -0.2) is 5.06 Å². The van der Waals surface area contributed by atoms with Crippen LogP contribution in [0, 0.1) is 0 Å². The number of hydrogen-bond donors (Lipinski definition) is 1. The Morgan fingerprint density at radius 3 is 2.71 bits per heavy atom. The molecule has 0 aliphatic rings. The van der Waals surface area contributed by atoms with Gasteiger partial charge in [0, 0.05) is 17.7 Å². The molecular weight excluding hydrogens is 238 g/mol. The number of hydroxylamine groups is 2. The lowest BCUT2D eigenvalue weighted by molar-refractivity contribution is -0.170. The lowest BCUT2D eigenvalue weighted by Crippen LogP contribution is -2.29. The molecule has 0 saturated heterocycles. The molecule has 1 amide bonds. The van der Waals surface area contributed by atoms with E-state index in [1.54, 1.807) is 0 Å². The fourth-order valence-electron chi connectivity index (χ4n) is 1.20. The Morgan fingerprint density at radius 1 is 1.47 bits per heavy atom. The van der Waals surface area contributed by atoms with Crippen LogP contribution in [0.2, 0.25) is 0 Å². The number of hydrogen-bond acceptors (Lipinski definition) is 4. The number of aliphatic hydroxyl groups excluding tert-OH is 1. The van der Waals surface area contributed by atoms with Gasteiger partial charge in [-0.15, -0.1) is 11.8 Å². The zero-order valence-corrected chi connectivity index (χ0v) is 10.8. The minimum Gasteiger partial charge on any atom is -0.392 e. The van der Waals surface area contributed by atoms with E-state index in [-0.39, 0.29) is 12.3 Å². The number of benzene rings is 1. The Hall–Kier alpha value is -1.04. The van der Waals surface area contributed by atoms with Gasteiger partial charge in [0.05, 0.1) is 19.6 Å². The van der Waals surface area contributed by atoms with E-state index in [1.165, 1.54) is 25.9 Å². The summed E-state index contributed by atoms with van der Waals surface area (Å²) in [6, 6.07) is 9.77. The highest BCUT2D eigenvalue weighted by atomic mass is 32.2. The van der Waals surface area contributed by atoms with Crippen LogP contribution in [0.4, 0.5) is 0 Å². The van der Waals surface area contributed by atoms with Crippen LogP contribution in [0.1, 0.15) is 6.42 Å². The summed E-state index contributed by atoms with van der Waals surface area (Å²) in [5.74, 6) is 0.265. The molecule has 0 aliphatic carbocycles. The maximum Gasteiger partial charge on any atom is 0.248 e. The summed E-state index contributed by atoms with van der Waals surface area (Å²) in [6.45, 7) is 0. The first-order valence-corrected chi connectivity index (χ1v) is 6.28. The van der Waals surface area contributed by atoms with Gasteiger partial charge >= 0.3 is 0 Å². The SMILES string of the molecule is CON(C)C(=O)C[C@@H](O)CSc1ccccc1. The standard InChI is InChI=1S/C12H17NO3S/c1-13(16-2)12(15)8-10(14)9-17-11-6-4-3-5-7-11/h3-7,10,14H,8-9H2,1-2H3/t10-/m1/s1. The van der Waals surface area contributed by atoms with Crippen molar-refractivity contribution in [3.63, 3.8) is 0 Å². The van der Waals surface area contributed by atoms with Gasteiger partial charge in [0.25, 0.3) is 0 Å². The maximum atomic E-state index is 11.4. The van der Waals surface area contributed by atoms with Crippen molar-refractivity contribution in [1.82, 2.24) is 5.06 Å². The zero-order chi connectivity index (χ0) is 12.7. The highest BCUT2D eigenvalue weighted by molar-refractivity contribution is 7.99. The van der Waals surface area contributed by atoms with Crippen LogP contribution >= 0.6 is 11.8 Å². The van der Waals surface area contributed by atoms with Crippen LogP contribution in [-0.4, -0.2) is 42.1 Å². The highest BCUT2D eigenvalue weighted by Crippen LogP contribution is 2.18. The number of carbonyl (C=O) groups excluding carboxylic acids is 1. The minimum absolute atomic E-state index is 0.0736. The van der Waals surface area contributed by atoms with Crippen LogP contribution in [0.25, 0.3) is 0 Å². The van der Waals surface area contributed by atoms with Crippen molar-refractivity contribution in [3.05, 3.63) is 30.3 Å². The molecule has 94 valence electrons. The highest BCUT2D eigenvalue weighted by Gasteiger charge is 2.14. The van der Waals surface area contributed by atoms with Crippen LogP contribution in [0.3, 0.4) is 0 Å². The summed E-state index contributed by atoms with van der Waals surface area (Å²) < 4.78 is 0. The molecule has 1 aromatic carbocycles. The average molecular weight is 255 g/mol. The molecule has 0 bridgehead atoms.